The van der Waals surface area contributed by atoms with Gasteiger partial charge in [0.1, 0.15) is 0 Å². The average Bonchev–Trinajstić information content (AvgIpc) is 2.15. The molecule has 0 aliphatic carbocycles. The van der Waals surface area contributed by atoms with Crippen LogP contribution in [0.5, 0.6) is 0 Å². The Morgan fingerprint density at radius 1 is 1.70 bits per heavy atom. The summed E-state index contributed by atoms with van der Waals surface area (Å²) in [6.45, 7) is 3.46. The lowest BCUT2D eigenvalue weighted by molar-refractivity contribution is 0.297. The van der Waals surface area contributed by atoms with Crippen molar-refractivity contribution in [2.24, 2.45) is 0 Å². The summed E-state index contributed by atoms with van der Waals surface area (Å²) in [6, 6.07) is 0.812. The molecule has 0 radical (unpaired) electrons. The lowest BCUT2D eigenvalue weighted by Crippen LogP contribution is -2.26. The first-order chi connectivity index (χ1) is 4.70. The molecule has 1 aliphatic heterocycles. The molecule has 1 heterocycles. The highest BCUT2D eigenvalue weighted by Gasteiger charge is 2.21. The predicted octanol–water partition coefficient (Wildman–Crippen LogP) is 1.79. The SMILES string of the molecule is CC(S)CC1CCCN1C. The van der Waals surface area contributed by atoms with Crippen molar-refractivity contribution in [3.05, 3.63) is 0 Å². The summed E-state index contributed by atoms with van der Waals surface area (Å²) in [7, 11) is 2.22. The van der Waals surface area contributed by atoms with Gasteiger partial charge in [0.05, 0.1) is 0 Å². The zero-order valence-corrected chi connectivity index (χ0v) is 7.77. The van der Waals surface area contributed by atoms with Gasteiger partial charge in [0.15, 0.2) is 0 Å². The van der Waals surface area contributed by atoms with Gasteiger partial charge in [-0.25, -0.2) is 0 Å². The van der Waals surface area contributed by atoms with E-state index in [0.29, 0.717) is 5.25 Å². The van der Waals surface area contributed by atoms with Gasteiger partial charge < -0.3 is 4.90 Å². The molecule has 0 aromatic rings. The summed E-state index contributed by atoms with van der Waals surface area (Å²) in [5.74, 6) is 0. The fourth-order valence-electron chi connectivity index (χ4n) is 1.67. The summed E-state index contributed by atoms with van der Waals surface area (Å²) in [5, 5.41) is 0.561. The molecule has 0 saturated carbocycles. The molecule has 0 N–H and O–H groups in total. The van der Waals surface area contributed by atoms with Gasteiger partial charge in [0.25, 0.3) is 0 Å². The molecule has 0 bridgehead atoms. The van der Waals surface area contributed by atoms with Crippen LogP contribution < -0.4 is 0 Å². The Balaban J connectivity index is 2.26. The third-order valence-electron chi connectivity index (χ3n) is 2.28. The highest BCUT2D eigenvalue weighted by Crippen LogP contribution is 2.20. The van der Waals surface area contributed by atoms with Crippen LogP contribution in [-0.2, 0) is 0 Å². The molecule has 0 aromatic carbocycles. The zero-order valence-electron chi connectivity index (χ0n) is 6.88. The normalized spacial score (nSPS) is 30.9. The number of hydrogen-bond donors (Lipinski definition) is 1. The summed E-state index contributed by atoms with van der Waals surface area (Å²) in [5.41, 5.74) is 0. The Labute approximate surface area is 69.2 Å². The number of hydrogen-bond acceptors (Lipinski definition) is 2. The second kappa shape index (κ2) is 3.63. The van der Waals surface area contributed by atoms with Gasteiger partial charge in [-0.1, -0.05) is 6.92 Å². The van der Waals surface area contributed by atoms with Crippen molar-refractivity contribution < 1.29 is 0 Å². The minimum Gasteiger partial charge on any atom is -0.303 e. The summed E-state index contributed by atoms with van der Waals surface area (Å²) < 4.78 is 0. The minimum atomic E-state index is 0.561. The van der Waals surface area contributed by atoms with Crippen molar-refractivity contribution in [1.29, 1.82) is 0 Å². The van der Waals surface area contributed by atoms with E-state index in [1.54, 1.807) is 0 Å². The molecule has 1 aliphatic rings. The molecule has 0 aromatic heterocycles. The lowest BCUT2D eigenvalue weighted by atomic mass is 10.1. The monoisotopic (exact) mass is 159 g/mol. The molecule has 60 valence electrons. The topological polar surface area (TPSA) is 3.24 Å². The maximum Gasteiger partial charge on any atom is 0.0103 e. The third-order valence-corrected chi connectivity index (χ3v) is 2.50. The number of likely N-dealkylation sites (tertiary alicyclic amines) is 1. The van der Waals surface area contributed by atoms with Crippen molar-refractivity contribution in [3.8, 4) is 0 Å². The standard InChI is InChI=1S/C8H17NS/c1-7(10)6-8-4-3-5-9(8)2/h7-8,10H,3-6H2,1-2H3. The summed E-state index contributed by atoms with van der Waals surface area (Å²) >= 11 is 4.39. The Hall–Kier alpha value is 0.310. The molecule has 10 heavy (non-hydrogen) atoms. The second-order valence-corrected chi connectivity index (χ2v) is 4.24. The molecule has 1 saturated heterocycles. The second-order valence-electron chi connectivity index (χ2n) is 3.36. The van der Waals surface area contributed by atoms with Crippen molar-refractivity contribution in [2.75, 3.05) is 13.6 Å². The smallest absolute Gasteiger partial charge is 0.0103 e. The van der Waals surface area contributed by atoms with Crippen LogP contribution in [0, 0.1) is 0 Å². The molecule has 0 spiro atoms. The van der Waals surface area contributed by atoms with E-state index in [1.807, 2.05) is 0 Å². The molecule has 0 amide bonds. The van der Waals surface area contributed by atoms with Crippen LogP contribution in [0.25, 0.3) is 0 Å². The molecular weight excluding hydrogens is 142 g/mol. The van der Waals surface area contributed by atoms with Gasteiger partial charge in [-0.2, -0.15) is 12.6 Å². The Morgan fingerprint density at radius 2 is 2.40 bits per heavy atom. The van der Waals surface area contributed by atoms with E-state index in [9.17, 15) is 0 Å². The third kappa shape index (κ3) is 2.17. The first-order valence-corrected chi connectivity index (χ1v) is 4.60. The number of thiol groups is 1. The summed E-state index contributed by atoms with van der Waals surface area (Å²) in [4.78, 5) is 2.45. The van der Waals surface area contributed by atoms with Crippen molar-refractivity contribution >= 4 is 12.6 Å². The average molecular weight is 159 g/mol. The number of rotatable bonds is 2. The van der Waals surface area contributed by atoms with Gasteiger partial charge in [-0.05, 0) is 32.9 Å². The quantitative estimate of drug-likeness (QED) is 0.601. The first-order valence-electron chi connectivity index (χ1n) is 4.08. The van der Waals surface area contributed by atoms with Crippen LogP contribution in [-0.4, -0.2) is 29.8 Å². The highest BCUT2D eigenvalue weighted by atomic mass is 32.1. The molecule has 2 unspecified atom stereocenters. The molecule has 1 fully saturated rings. The maximum atomic E-state index is 4.39. The van der Waals surface area contributed by atoms with Gasteiger partial charge in [-0.3, -0.25) is 0 Å². The van der Waals surface area contributed by atoms with Crippen molar-refractivity contribution in [3.63, 3.8) is 0 Å². The Morgan fingerprint density at radius 3 is 2.80 bits per heavy atom. The zero-order chi connectivity index (χ0) is 7.56. The van der Waals surface area contributed by atoms with Crippen LogP contribution in [0.15, 0.2) is 0 Å². The highest BCUT2D eigenvalue weighted by molar-refractivity contribution is 7.80. The van der Waals surface area contributed by atoms with Crippen LogP contribution in [0.3, 0.4) is 0 Å². The van der Waals surface area contributed by atoms with Crippen LogP contribution in [0.1, 0.15) is 26.2 Å². The maximum absolute atomic E-state index is 4.39. The first kappa shape index (κ1) is 8.41. The van der Waals surface area contributed by atoms with E-state index in [4.69, 9.17) is 0 Å². The van der Waals surface area contributed by atoms with E-state index >= 15 is 0 Å². The summed E-state index contributed by atoms with van der Waals surface area (Å²) in [6.07, 6.45) is 4.00. The lowest BCUT2D eigenvalue weighted by Gasteiger charge is -2.20. The predicted molar refractivity (Wildman–Crippen MR) is 48.7 cm³/mol. The number of nitrogens with zero attached hydrogens (tertiary/aromatic N) is 1. The molecule has 2 atom stereocenters. The largest absolute Gasteiger partial charge is 0.303 e. The molecule has 1 nitrogen and oxygen atoms in total. The van der Waals surface area contributed by atoms with Crippen molar-refractivity contribution in [2.45, 2.75) is 37.5 Å². The van der Waals surface area contributed by atoms with Crippen LogP contribution in [0.4, 0.5) is 0 Å². The Kier molecular flexibility index (Phi) is 3.05. The molecular formula is C8H17NS. The van der Waals surface area contributed by atoms with Gasteiger partial charge in [-0.15, -0.1) is 0 Å². The van der Waals surface area contributed by atoms with Crippen LogP contribution in [0.2, 0.25) is 0 Å². The fraction of sp³-hybridized carbons (Fsp3) is 1.00. The van der Waals surface area contributed by atoms with Gasteiger partial charge >= 0.3 is 0 Å². The minimum absolute atomic E-state index is 0.561. The fourth-order valence-corrected chi connectivity index (χ4v) is 1.91. The van der Waals surface area contributed by atoms with E-state index in [2.05, 4.69) is 31.5 Å². The molecule has 1 rings (SSSR count). The van der Waals surface area contributed by atoms with E-state index in [-0.39, 0.29) is 0 Å². The van der Waals surface area contributed by atoms with E-state index in [0.717, 1.165) is 6.04 Å². The Bertz CT molecular complexity index is 103. The van der Waals surface area contributed by atoms with E-state index < -0.39 is 0 Å². The van der Waals surface area contributed by atoms with E-state index in [1.165, 1.54) is 25.8 Å². The van der Waals surface area contributed by atoms with Gasteiger partial charge in [0.2, 0.25) is 0 Å². The van der Waals surface area contributed by atoms with Gasteiger partial charge in [0, 0.05) is 11.3 Å². The molecule has 2 heteroatoms. The van der Waals surface area contributed by atoms with Crippen molar-refractivity contribution in [1.82, 2.24) is 4.90 Å². The van der Waals surface area contributed by atoms with Crippen LogP contribution >= 0.6 is 12.6 Å².